The third kappa shape index (κ3) is 4.33. The predicted molar refractivity (Wildman–Crippen MR) is 97.0 cm³/mol. The highest BCUT2D eigenvalue weighted by Crippen LogP contribution is 2.30. The van der Waals surface area contributed by atoms with E-state index in [9.17, 15) is 18.0 Å². The molecule has 0 fully saturated rings. The maximum absolute atomic E-state index is 12.6. The van der Waals surface area contributed by atoms with Gasteiger partial charge < -0.3 is 9.26 Å². The Morgan fingerprint density at radius 3 is 2.50 bits per heavy atom. The van der Waals surface area contributed by atoms with E-state index in [2.05, 4.69) is 25.1 Å². The molecule has 0 amide bonds. The van der Waals surface area contributed by atoms with Gasteiger partial charge in [0, 0.05) is 23.3 Å². The Balaban J connectivity index is 1.39. The minimum absolute atomic E-state index is 0.0138. The number of hydrogen-bond donors (Lipinski definition) is 0. The minimum Gasteiger partial charge on any atom is -0.451 e. The number of nitrogens with zero attached hydrogens (tertiary/aromatic N) is 5. The van der Waals surface area contributed by atoms with E-state index in [-0.39, 0.29) is 24.0 Å². The van der Waals surface area contributed by atoms with Crippen molar-refractivity contribution in [3.05, 3.63) is 65.3 Å². The van der Waals surface area contributed by atoms with Crippen LogP contribution in [0, 0.1) is 0 Å². The first-order chi connectivity index (χ1) is 14.4. The van der Waals surface area contributed by atoms with Gasteiger partial charge in [0.2, 0.25) is 5.82 Å². The molecule has 1 aromatic carbocycles. The van der Waals surface area contributed by atoms with Crippen LogP contribution in [-0.2, 0) is 17.5 Å². The van der Waals surface area contributed by atoms with Crippen LogP contribution in [0.1, 0.15) is 21.9 Å². The van der Waals surface area contributed by atoms with Gasteiger partial charge in [0.1, 0.15) is 0 Å². The average Bonchev–Trinajstić information content (AvgIpc) is 3.42. The summed E-state index contributed by atoms with van der Waals surface area (Å²) in [6.07, 6.45) is -1.31. The van der Waals surface area contributed by atoms with Gasteiger partial charge in [-0.25, -0.2) is 19.7 Å². The Morgan fingerprint density at radius 2 is 1.80 bits per heavy atom. The molecule has 0 atom stereocenters. The van der Waals surface area contributed by atoms with Crippen LogP contribution in [0.5, 0.6) is 0 Å². The van der Waals surface area contributed by atoms with Crippen LogP contribution < -0.4 is 0 Å². The third-order valence-electron chi connectivity index (χ3n) is 3.74. The van der Waals surface area contributed by atoms with Crippen LogP contribution in [0.4, 0.5) is 13.2 Å². The SMILES string of the molecule is O=C(OCc1nc(-c2ccc(C(F)(F)F)cc2)no1)c1csc(-c2ncccn2)n1. The molecule has 152 valence electrons. The zero-order chi connectivity index (χ0) is 21.1. The fourth-order valence-corrected chi connectivity index (χ4v) is 3.05. The molecule has 0 radical (unpaired) electrons. The van der Waals surface area contributed by atoms with Gasteiger partial charge in [-0.2, -0.15) is 18.2 Å². The van der Waals surface area contributed by atoms with Gasteiger partial charge in [-0.15, -0.1) is 11.3 Å². The highest BCUT2D eigenvalue weighted by atomic mass is 32.1. The fraction of sp³-hybridized carbons (Fsp3) is 0.111. The predicted octanol–water partition coefficient (Wildman–Crippen LogP) is 4.03. The van der Waals surface area contributed by atoms with Crippen LogP contribution in [0.25, 0.3) is 22.2 Å². The molecular formula is C18H10F3N5O3S. The molecule has 8 nitrogen and oxygen atoms in total. The molecule has 0 saturated heterocycles. The average molecular weight is 433 g/mol. The Labute approximate surface area is 170 Å². The second kappa shape index (κ2) is 7.99. The molecule has 4 aromatic rings. The topological polar surface area (TPSA) is 104 Å². The first-order valence-corrected chi connectivity index (χ1v) is 9.18. The smallest absolute Gasteiger partial charge is 0.416 e. The lowest BCUT2D eigenvalue weighted by Crippen LogP contribution is -2.06. The molecule has 0 N–H and O–H groups in total. The maximum atomic E-state index is 12.6. The van der Waals surface area contributed by atoms with Crippen molar-refractivity contribution in [2.24, 2.45) is 0 Å². The van der Waals surface area contributed by atoms with Crippen molar-refractivity contribution < 1.29 is 27.2 Å². The molecular weight excluding hydrogens is 423 g/mol. The first kappa shape index (κ1) is 19.6. The minimum atomic E-state index is -4.43. The van der Waals surface area contributed by atoms with Crippen LogP contribution in [-0.4, -0.2) is 31.1 Å². The van der Waals surface area contributed by atoms with Crippen molar-refractivity contribution in [3.63, 3.8) is 0 Å². The summed E-state index contributed by atoms with van der Waals surface area (Å²) in [5, 5.41) is 5.66. The van der Waals surface area contributed by atoms with Crippen LogP contribution in [0.15, 0.2) is 52.6 Å². The van der Waals surface area contributed by atoms with Crippen LogP contribution in [0.2, 0.25) is 0 Å². The van der Waals surface area contributed by atoms with Gasteiger partial charge in [-0.05, 0) is 18.2 Å². The molecule has 0 saturated carbocycles. The molecule has 0 aliphatic heterocycles. The van der Waals surface area contributed by atoms with Crippen molar-refractivity contribution >= 4 is 17.3 Å². The second-order valence-electron chi connectivity index (χ2n) is 5.77. The first-order valence-electron chi connectivity index (χ1n) is 8.30. The van der Waals surface area contributed by atoms with E-state index in [0.29, 0.717) is 16.4 Å². The van der Waals surface area contributed by atoms with Gasteiger partial charge in [-0.3, -0.25) is 0 Å². The van der Waals surface area contributed by atoms with E-state index in [1.54, 1.807) is 18.5 Å². The summed E-state index contributed by atoms with van der Waals surface area (Å²) in [5.74, 6) is -0.255. The molecule has 12 heteroatoms. The normalized spacial score (nSPS) is 11.4. The van der Waals surface area contributed by atoms with Crippen LogP contribution in [0.3, 0.4) is 0 Å². The lowest BCUT2D eigenvalue weighted by atomic mass is 10.1. The maximum Gasteiger partial charge on any atom is 0.416 e. The molecule has 0 aliphatic rings. The Morgan fingerprint density at radius 1 is 1.07 bits per heavy atom. The summed E-state index contributed by atoms with van der Waals surface area (Å²) >= 11 is 1.19. The molecule has 30 heavy (non-hydrogen) atoms. The van der Waals surface area contributed by atoms with Gasteiger partial charge in [0.15, 0.2) is 23.1 Å². The van der Waals surface area contributed by atoms with E-state index in [1.807, 2.05) is 0 Å². The number of hydrogen-bond acceptors (Lipinski definition) is 9. The number of benzene rings is 1. The lowest BCUT2D eigenvalue weighted by molar-refractivity contribution is -0.137. The third-order valence-corrected chi connectivity index (χ3v) is 4.57. The Hall–Kier alpha value is -3.67. The van der Waals surface area contributed by atoms with E-state index >= 15 is 0 Å². The number of ether oxygens (including phenoxy) is 1. The molecule has 0 spiro atoms. The Kier molecular flexibility index (Phi) is 5.23. The molecule has 0 unspecified atom stereocenters. The number of carbonyl (C=O) groups excluding carboxylic acids is 1. The molecule has 4 rings (SSSR count). The number of carbonyl (C=O) groups is 1. The highest BCUT2D eigenvalue weighted by Gasteiger charge is 2.30. The molecule has 0 aliphatic carbocycles. The standard InChI is InChI=1S/C18H10F3N5O3S/c19-18(20,21)11-4-2-10(3-5-11)14-25-13(29-26-14)8-28-17(27)12-9-30-16(24-12)15-22-6-1-7-23-15/h1-7,9H,8H2. The number of esters is 1. The van der Waals surface area contributed by atoms with Gasteiger partial charge in [0.25, 0.3) is 5.89 Å². The van der Waals surface area contributed by atoms with E-state index < -0.39 is 17.7 Å². The molecule has 3 aromatic heterocycles. The van der Waals surface area contributed by atoms with Crippen molar-refractivity contribution in [2.75, 3.05) is 0 Å². The number of halogens is 3. The lowest BCUT2D eigenvalue weighted by Gasteiger charge is -2.05. The van der Waals surface area contributed by atoms with Crippen molar-refractivity contribution in [1.29, 1.82) is 0 Å². The van der Waals surface area contributed by atoms with Gasteiger partial charge in [-0.1, -0.05) is 17.3 Å². The summed E-state index contributed by atoms with van der Waals surface area (Å²) in [7, 11) is 0. The van der Waals surface area contributed by atoms with E-state index in [0.717, 1.165) is 12.1 Å². The fourth-order valence-electron chi connectivity index (χ4n) is 2.32. The number of aromatic nitrogens is 5. The zero-order valence-electron chi connectivity index (χ0n) is 14.8. The second-order valence-corrected chi connectivity index (χ2v) is 6.63. The van der Waals surface area contributed by atoms with Crippen molar-refractivity contribution in [1.82, 2.24) is 25.1 Å². The largest absolute Gasteiger partial charge is 0.451 e. The monoisotopic (exact) mass is 433 g/mol. The quantitative estimate of drug-likeness (QED) is 0.435. The summed E-state index contributed by atoms with van der Waals surface area (Å²) in [4.78, 5) is 28.4. The summed E-state index contributed by atoms with van der Waals surface area (Å²) in [6, 6.07) is 5.96. The van der Waals surface area contributed by atoms with Crippen molar-refractivity contribution in [2.45, 2.75) is 12.8 Å². The zero-order valence-corrected chi connectivity index (χ0v) is 15.6. The van der Waals surface area contributed by atoms with E-state index in [4.69, 9.17) is 9.26 Å². The Bertz CT molecular complexity index is 1160. The summed E-state index contributed by atoms with van der Waals surface area (Å²) in [6.45, 7) is -0.318. The van der Waals surface area contributed by atoms with E-state index in [1.165, 1.54) is 28.8 Å². The van der Waals surface area contributed by atoms with Crippen molar-refractivity contribution in [3.8, 4) is 22.2 Å². The summed E-state index contributed by atoms with van der Waals surface area (Å²) in [5.41, 5.74) is -0.381. The number of thiazole rings is 1. The summed E-state index contributed by atoms with van der Waals surface area (Å²) < 4.78 is 48.0. The number of rotatable bonds is 5. The van der Waals surface area contributed by atoms with Gasteiger partial charge >= 0.3 is 12.1 Å². The highest BCUT2D eigenvalue weighted by molar-refractivity contribution is 7.13. The molecule has 0 bridgehead atoms. The number of alkyl halides is 3. The molecule has 3 heterocycles. The van der Waals surface area contributed by atoms with Crippen LogP contribution >= 0.6 is 11.3 Å². The van der Waals surface area contributed by atoms with Gasteiger partial charge in [0.05, 0.1) is 5.56 Å².